The number of amides is 2. The van der Waals surface area contributed by atoms with Crippen LogP contribution < -0.4 is 32.1 Å². The molecular weight excluding hydrogens is 416 g/mol. The number of benzene rings is 2. The molecule has 4 rings (SSSR count). The van der Waals surface area contributed by atoms with Gasteiger partial charge in [-0.3, -0.25) is 24.3 Å². The average molecular weight is 434 g/mol. The number of fused-ring (bicyclic) bond motifs is 1. The van der Waals surface area contributed by atoms with Crippen molar-refractivity contribution in [3.05, 3.63) is 68.5 Å². The smallest absolute Gasteiger partial charge is 0.253 e. The number of aromatic nitrogens is 2. The Morgan fingerprint density at radius 3 is 2.69 bits per heavy atom. The van der Waals surface area contributed by atoms with Gasteiger partial charge < -0.3 is 26.4 Å². The van der Waals surface area contributed by atoms with Gasteiger partial charge in [0.25, 0.3) is 10.9 Å². The first kappa shape index (κ1) is 20.6. The number of nitrogens with zero attached hydrogens (tertiary/aromatic N) is 1. The monoisotopic (exact) mass is 434 g/mol. The van der Waals surface area contributed by atoms with E-state index in [2.05, 4.69) is 31.5 Å². The lowest BCUT2D eigenvalue weighted by molar-refractivity contribution is -0.118. The van der Waals surface area contributed by atoms with Crippen molar-refractivity contribution in [2.24, 2.45) is 0 Å². The van der Waals surface area contributed by atoms with Gasteiger partial charge in [0.2, 0.25) is 12.3 Å². The van der Waals surface area contributed by atoms with Crippen LogP contribution in [0, 0.1) is 0 Å². The zero-order valence-electron chi connectivity index (χ0n) is 16.6. The molecule has 0 unspecified atom stereocenters. The molecule has 0 atom stereocenters. The highest BCUT2D eigenvalue weighted by atomic mass is 16.3. The molecule has 0 aliphatic rings. The summed E-state index contributed by atoms with van der Waals surface area (Å²) in [6, 6.07) is 11.6. The van der Waals surface area contributed by atoms with Crippen molar-refractivity contribution >= 4 is 46.1 Å². The molecule has 32 heavy (non-hydrogen) atoms. The van der Waals surface area contributed by atoms with E-state index in [4.69, 9.17) is 0 Å². The number of aromatic hydroxyl groups is 1. The lowest BCUT2D eigenvalue weighted by atomic mass is 10.1. The van der Waals surface area contributed by atoms with Gasteiger partial charge in [-0.2, -0.15) is 5.10 Å². The second-order valence-corrected chi connectivity index (χ2v) is 6.94. The van der Waals surface area contributed by atoms with E-state index in [0.29, 0.717) is 23.0 Å². The van der Waals surface area contributed by atoms with E-state index < -0.39 is 16.8 Å². The number of H-pyrrole nitrogens is 1. The Kier molecular flexibility index (Phi) is 5.53. The number of hydrogen-bond acceptors (Lipinski definition) is 8. The highest BCUT2D eigenvalue weighted by Gasteiger charge is 2.21. The molecule has 0 aliphatic carbocycles. The summed E-state index contributed by atoms with van der Waals surface area (Å²) in [6.07, 6.45) is 0.418. The normalized spacial score (nSPS) is 10.8. The van der Waals surface area contributed by atoms with Crippen LogP contribution in [0.2, 0.25) is 0 Å². The van der Waals surface area contributed by atoms with Crippen molar-refractivity contribution < 1.29 is 14.7 Å². The van der Waals surface area contributed by atoms with Crippen LogP contribution in [0.3, 0.4) is 0 Å². The summed E-state index contributed by atoms with van der Waals surface area (Å²) in [5, 5.41) is 27.7. The largest absolute Gasteiger partial charge is 0.508 e. The van der Waals surface area contributed by atoms with E-state index in [1.807, 2.05) is 0 Å². The van der Waals surface area contributed by atoms with E-state index in [1.54, 1.807) is 36.4 Å². The molecule has 0 spiro atoms. The number of carbonyl (C=O) groups is 2. The molecule has 11 heteroatoms. The van der Waals surface area contributed by atoms with Crippen LogP contribution in [0.15, 0.2) is 52.1 Å². The SMILES string of the molecule is O=CNCC(=O)Nc1n[nH]c2ccc(Nc3c(NCc4cccc(O)c4)c(=O)c3=O)cc12. The van der Waals surface area contributed by atoms with Crippen molar-refractivity contribution in [2.45, 2.75) is 6.54 Å². The quantitative estimate of drug-likeness (QED) is 0.167. The number of rotatable bonds is 9. The fraction of sp³-hybridized carbons (Fsp3) is 0.0952. The van der Waals surface area contributed by atoms with E-state index in [9.17, 15) is 24.3 Å². The van der Waals surface area contributed by atoms with Crippen molar-refractivity contribution in [1.82, 2.24) is 15.5 Å². The molecule has 6 N–H and O–H groups in total. The lowest BCUT2D eigenvalue weighted by Gasteiger charge is -2.15. The van der Waals surface area contributed by atoms with Crippen LogP contribution in [-0.4, -0.2) is 34.2 Å². The molecule has 0 bridgehead atoms. The summed E-state index contributed by atoms with van der Waals surface area (Å²) in [6.45, 7) is 0.0488. The summed E-state index contributed by atoms with van der Waals surface area (Å²) in [5.74, 6) is -0.0933. The third kappa shape index (κ3) is 4.12. The Morgan fingerprint density at radius 1 is 1.09 bits per heavy atom. The van der Waals surface area contributed by atoms with E-state index >= 15 is 0 Å². The zero-order chi connectivity index (χ0) is 22.7. The number of nitrogens with one attached hydrogen (secondary N) is 5. The maximum Gasteiger partial charge on any atom is 0.253 e. The minimum absolute atomic E-state index is 0.103. The fourth-order valence-electron chi connectivity index (χ4n) is 3.18. The number of aromatic amines is 1. The zero-order valence-corrected chi connectivity index (χ0v) is 16.6. The molecule has 0 radical (unpaired) electrons. The topological polar surface area (TPSA) is 165 Å². The van der Waals surface area contributed by atoms with Crippen LogP contribution in [-0.2, 0) is 16.1 Å². The van der Waals surface area contributed by atoms with Gasteiger partial charge in [-0.25, -0.2) is 0 Å². The highest BCUT2D eigenvalue weighted by molar-refractivity contribution is 6.01. The third-order valence-corrected chi connectivity index (χ3v) is 4.73. The Morgan fingerprint density at radius 2 is 1.91 bits per heavy atom. The van der Waals surface area contributed by atoms with E-state index in [-0.39, 0.29) is 36.0 Å². The Hall–Kier alpha value is -4.67. The Balaban J connectivity index is 1.52. The molecular formula is C21H18N6O5. The molecule has 4 aromatic rings. The third-order valence-electron chi connectivity index (χ3n) is 4.73. The first-order valence-corrected chi connectivity index (χ1v) is 9.53. The van der Waals surface area contributed by atoms with Crippen molar-refractivity contribution in [1.29, 1.82) is 0 Å². The van der Waals surface area contributed by atoms with Gasteiger partial charge in [-0.15, -0.1) is 0 Å². The maximum absolute atomic E-state index is 12.1. The summed E-state index contributed by atoms with van der Waals surface area (Å²) in [7, 11) is 0. The van der Waals surface area contributed by atoms with E-state index in [1.165, 1.54) is 6.07 Å². The molecule has 2 amide bonds. The molecule has 0 aliphatic heterocycles. The summed E-state index contributed by atoms with van der Waals surface area (Å²) >= 11 is 0. The van der Waals surface area contributed by atoms with Gasteiger partial charge in [-0.05, 0) is 35.9 Å². The molecule has 1 aromatic heterocycles. The summed E-state index contributed by atoms with van der Waals surface area (Å²) < 4.78 is 0. The molecule has 0 fully saturated rings. The van der Waals surface area contributed by atoms with Crippen molar-refractivity contribution in [3.63, 3.8) is 0 Å². The van der Waals surface area contributed by atoms with Crippen LogP contribution in [0.25, 0.3) is 10.9 Å². The maximum atomic E-state index is 12.1. The number of anilines is 4. The van der Waals surface area contributed by atoms with Crippen LogP contribution >= 0.6 is 0 Å². The average Bonchev–Trinajstić information content (AvgIpc) is 3.18. The number of phenols is 1. The van der Waals surface area contributed by atoms with Crippen LogP contribution in [0.1, 0.15) is 5.56 Å². The van der Waals surface area contributed by atoms with Gasteiger partial charge in [0, 0.05) is 17.6 Å². The Bertz CT molecular complexity index is 1390. The second-order valence-electron chi connectivity index (χ2n) is 6.94. The molecule has 0 saturated carbocycles. The van der Waals surface area contributed by atoms with Crippen molar-refractivity contribution in [2.75, 3.05) is 22.5 Å². The minimum Gasteiger partial charge on any atom is -0.508 e. The van der Waals surface area contributed by atoms with Crippen LogP contribution in [0.4, 0.5) is 22.9 Å². The predicted octanol–water partition coefficient (Wildman–Crippen LogP) is 0.905. The molecule has 162 valence electrons. The molecule has 1 heterocycles. The second kappa shape index (κ2) is 8.60. The van der Waals surface area contributed by atoms with Gasteiger partial charge in [0.15, 0.2) is 5.82 Å². The number of phenolic OH excluding ortho intramolecular Hbond substituents is 1. The van der Waals surface area contributed by atoms with Crippen LogP contribution in [0.5, 0.6) is 5.75 Å². The lowest BCUT2D eigenvalue weighted by Crippen LogP contribution is -2.36. The standard InChI is InChI=1S/C21H18N6O5/c28-10-22-9-16(30)25-21-14-7-12(4-5-15(14)26-27-21)24-18-17(19(31)20(18)32)23-8-11-2-1-3-13(29)6-11/h1-7,10,23-24,29H,8-9H2,(H,22,28)(H2,25,26,27,30). The first-order chi connectivity index (χ1) is 15.5. The van der Waals surface area contributed by atoms with Gasteiger partial charge >= 0.3 is 0 Å². The van der Waals surface area contributed by atoms with Gasteiger partial charge in [0.1, 0.15) is 17.1 Å². The summed E-state index contributed by atoms with van der Waals surface area (Å²) in [4.78, 5) is 46.3. The van der Waals surface area contributed by atoms with Crippen molar-refractivity contribution in [3.8, 4) is 5.75 Å². The Labute approximate surface area is 180 Å². The first-order valence-electron chi connectivity index (χ1n) is 9.53. The minimum atomic E-state index is -0.649. The van der Waals surface area contributed by atoms with Gasteiger partial charge in [0.05, 0.1) is 12.1 Å². The molecule has 0 saturated heterocycles. The molecule has 11 nitrogen and oxygen atoms in total. The van der Waals surface area contributed by atoms with E-state index in [0.717, 1.165) is 5.56 Å². The highest BCUT2D eigenvalue weighted by Crippen LogP contribution is 2.27. The molecule has 3 aromatic carbocycles. The van der Waals surface area contributed by atoms with Gasteiger partial charge in [-0.1, -0.05) is 12.1 Å². The summed E-state index contributed by atoms with van der Waals surface area (Å²) in [5.41, 5.74) is 0.886. The number of hydrogen-bond donors (Lipinski definition) is 6. The fourth-order valence-corrected chi connectivity index (χ4v) is 3.18. The predicted molar refractivity (Wildman–Crippen MR) is 119 cm³/mol. The number of carbonyl (C=O) groups excluding carboxylic acids is 2.